The van der Waals surface area contributed by atoms with E-state index in [9.17, 15) is 0 Å². The van der Waals surface area contributed by atoms with Crippen LogP contribution in [0.25, 0.3) is 0 Å². The molecule has 2 fully saturated rings. The van der Waals surface area contributed by atoms with Gasteiger partial charge >= 0.3 is 0 Å². The van der Waals surface area contributed by atoms with E-state index in [4.69, 9.17) is 0 Å². The summed E-state index contributed by atoms with van der Waals surface area (Å²) in [6.45, 7) is 6.58. The molecule has 12 heavy (non-hydrogen) atoms. The van der Waals surface area contributed by atoms with Gasteiger partial charge in [-0.3, -0.25) is 0 Å². The molecule has 1 saturated heterocycles. The summed E-state index contributed by atoms with van der Waals surface area (Å²) in [6, 6.07) is 0. The van der Waals surface area contributed by atoms with Crippen molar-refractivity contribution in [2.24, 2.45) is 11.8 Å². The number of hydrogen-bond acceptors (Lipinski definition) is 1. The van der Waals surface area contributed by atoms with Crippen molar-refractivity contribution in [1.82, 2.24) is 5.32 Å². The molecule has 1 nitrogen and oxygen atoms in total. The van der Waals surface area contributed by atoms with Crippen molar-refractivity contribution in [2.45, 2.75) is 46.0 Å². The average molecular weight is 169 g/mol. The minimum atomic E-state index is 1.04. The molecule has 1 saturated carbocycles. The highest BCUT2D eigenvalue weighted by molar-refractivity contribution is 4.81. The summed E-state index contributed by atoms with van der Waals surface area (Å²) in [5.74, 6) is 2.14. The molecule has 2 unspecified atom stereocenters. The molecule has 1 aliphatic heterocycles. The largest absolute Gasteiger partial charge is 0.316 e. The maximum absolute atomic E-state index is 3.52. The van der Waals surface area contributed by atoms with E-state index < -0.39 is 0 Å². The number of fused-ring (bicyclic) bond motifs is 1. The van der Waals surface area contributed by atoms with Gasteiger partial charge in [-0.25, -0.2) is 0 Å². The zero-order valence-electron chi connectivity index (χ0n) is 8.60. The third-order valence-corrected chi connectivity index (χ3v) is 3.15. The zero-order chi connectivity index (χ0) is 8.81. The molecule has 0 radical (unpaired) electrons. The first-order chi connectivity index (χ1) is 5.97. The first-order valence-electron chi connectivity index (χ1n) is 5.67. The fourth-order valence-corrected chi connectivity index (χ4v) is 2.54. The zero-order valence-corrected chi connectivity index (χ0v) is 8.60. The molecule has 1 N–H and O–H groups in total. The Labute approximate surface area is 76.9 Å². The van der Waals surface area contributed by atoms with Gasteiger partial charge in [0.1, 0.15) is 0 Å². The molecule has 2 atom stereocenters. The van der Waals surface area contributed by atoms with E-state index in [-0.39, 0.29) is 0 Å². The average Bonchev–Trinajstić information content (AvgIpc) is 2.46. The van der Waals surface area contributed by atoms with Gasteiger partial charge in [0.2, 0.25) is 0 Å². The highest BCUT2D eigenvalue weighted by atomic mass is 14.9. The fourth-order valence-electron chi connectivity index (χ4n) is 2.54. The Morgan fingerprint density at radius 1 is 0.917 bits per heavy atom. The second kappa shape index (κ2) is 5.58. The molecule has 0 aromatic heterocycles. The van der Waals surface area contributed by atoms with Gasteiger partial charge in [0.15, 0.2) is 0 Å². The van der Waals surface area contributed by atoms with Crippen LogP contribution in [0.1, 0.15) is 46.0 Å². The quantitative estimate of drug-likeness (QED) is 0.588. The van der Waals surface area contributed by atoms with E-state index in [0.717, 1.165) is 11.8 Å². The summed E-state index contributed by atoms with van der Waals surface area (Å²) in [6.07, 6.45) is 7.43. The van der Waals surface area contributed by atoms with Crippen molar-refractivity contribution >= 4 is 0 Å². The molecular formula is C11H23N. The Hall–Kier alpha value is -0.0400. The molecule has 2 rings (SSSR count). The van der Waals surface area contributed by atoms with Crippen LogP contribution in [0.15, 0.2) is 0 Å². The van der Waals surface area contributed by atoms with Gasteiger partial charge in [-0.2, -0.15) is 0 Å². The third-order valence-electron chi connectivity index (χ3n) is 3.15. The molecule has 0 aromatic carbocycles. The second-order valence-electron chi connectivity index (χ2n) is 3.80. The molecular weight excluding hydrogens is 146 g/mol. The van der Waals surface area contributed by atoms with Gasteiger partial charge in [0.05, 0.1) is 0 Å². The maximum Gasteiger partial charge on any atom is -0.00179 e. The van der Waals surface area contributed by atoms with Gasteiger partial charge in [0, 0.05) is 0 Å². The molecule has 1 heteroatoms. The maximum atomic E-state index is 3.52. The number of nitrogens with one attached hydrogen (secondary N) is 1. The lowest BCUT2D eigenvalue weighted by atomic mass is 9.93. The number of hydrogen-bond donors (Lipinski definition) is 1. The summed E-state index contributed by atoms with van der Waals surface area (Å²) in [7, 11) is 0. The van der Waals surface area contributed by atoms with Crippen molar-refractivity contribution < 1.29 is 0 Å². The lowest BCUT2D eigenvalue weighted by Gasteiger charge is -2.14. The van der Waals surface area contributed by atoms with E-state index >= 15 is 0 Å². The van der Waals surface area contributed by atoms with Gasteiger partial charge < -0.3 is 5.32 Å². The van der Waals surface area contributed by atoms with E-state index in [1.807, 2.05) is 13.8 Å². The van der Waals surface area contributed by atoms with Crippen molar-refractivity contribution in [1.29, 1.82) is 0 Å². The van der Waals surface area contributed by atoms with Crippen molar-refractivity contribution in [3.8, 4) is 0 Å². The van der Waals surface area contributed by atoms with Crippen molar-refractivity contribution in [2.75, 3.05) is 13.1 Å². The van der Waals surface area contributed by atoms with Crippen LogP contribution in [0, 0.1) is 11.8 Å². The van der Waals surface area contributed by atoms with Crippen LogP contribution in [0.2, 0.25) is 0 Å². The van der Waals surface area contributed by atoms with Gasteiger partial charge in [-0.05, 0) is 44.2 Å². The highest BCUT2D eigenvalue weighted by Gasteiger charge is 2.27. The monoisotopic (exact) mass is 169 g/mol. The summed E-state index contributed by atoms with van der Waals surface area (Å²) in [4.78, 5) is 0. The molecule has 1 heterocycles. The lowest BCUT2D eigenvalue weighted by molar-refractivity contribution is 0.383. The van der Waals surface area contributed by atoms with Crippen LogP contribution in [-0.2, 0) is 0 Å². The van der Waals surface area contributed by atoms with Crippen molar-refractivity contribution in [3.05, 3.63) is 0 Å². The van der Waals surface area contributed by atoms with Crippen LogP contribution in [0.3, 0.4) is 0 Å². The van der Waals surface area contributed by atoms with Gasteiger partial charge in [-0.1, -0.05) is 26.7 Å². The van der Waals surface area contributed by atoms with E-state index in [2.05, 4.69) is 5.32 Å². The Balaban J connectivity index is 0.000000336. The van der Waals surface area contributed by atoms with E-state index in [1.165, 1.54) is 45.2 Å². The predicted octanol–water partition coefficient (Wildman–Crippen LogP) is 2.81. The van der Waals surface area contributed by atoms with E-state index in [0.29, 0.717) is 0 Å². The molecule has 0 bridgehead atoms. The van der Waals surface area contributed by atoms with Crippen LogP contribution in [0.4, 0.5) is 0 Å². The molecule has 72 valence electrons. The first kappa shape index (κ1) is 10.0. The second-order valence-corrected chi connectivity index (χ2v) is 3.80. The highest BCUT2D eigenvalue weighted by Crippen LogP contribution is 2.35. The smallest absolute Gasteiger partial charge is 0.00179 e. The minimum Gasteiger partial charge on any atom is -0.316 e. The van der Waals surface area contributed by atoms with Crippen LogP contribution in [-0.4, -0.2) is 13.1 Å². The van der Waals surface area contributed by atoms with Crippen LogP contribution < -0.4 is 5.32 Å². The van der Waals surface area contributed by atoms with Crippen LogP contribution >= 0.6 is 0 Å². The predicted molar refractivity (Wildman–Crippen MR) is 54.3 cm³/mol. The molecule has 0 amide bonds. The van der Waals surface area contributed by atoms with Gasteiger partial charge in [-0.15, -0.1) is 0 Å². The molecule has 0 aromatic rings. The normalized spacial score (nSPS) is 34.5. The van der Waals surface area contributed by atoms with Crippen LogP contribution in [0.5, 0.6) is 0 Å². The standard InChI is InChI=1S/C9H17N.C2H6/c1-3-8-5-2-6-10-7-9(8)4-1;1-2/h8-10H,1-7H2;1-2H3. The third kappa shape index (κ3) is 2.48. The Morgan fingerprint density at radius 3 is 2.42 bits per heavy atom. The minimum absolute atomic E-state index is 1.04. The summed E-state index contributed by atoms with van der Waals surface area (Å²) in [5, 5.41) is 3.52. The summed E-state index contributed by atoms with van der Waals surface area (Å²) >= 11 is 0. The molecule has 1 aliphatic carbocycles. The molecule has 0 spiro atoms. The topological polar surface area (TPSA) is 12.0 Å². The van der Waals surface area contributed by atoms with E-state index in [1.54, 1.807) is 0 Å². The summed E-state index contributed by atoms with van der Waals surface area (Å²) < 4.78 is 0. The SMILES string of the molecule is C1CNCC2CCCC2C1.CC. The molecule has 2 aliphatic rings. The number of rotatable bonds is 0. The Kier molecular flexibility index (Phi) is 4.67. The lowest BCUT2D eigenvalue weighted by Crippen LogP contribution is -2.21. The Morgan fingerprint density at radius 2 is 1.58 bits per heavy atom. The van der Waals surface area contributed by atoms with Gasteiger partial charge in [0.25, 0.3) is 0 Å². The Bertz CT molecular complexity index is 99.6. The first-order valence-corrected chi connectivity index (χ1v) is 5.67. The van der Waals surface area contributed by atoms with Crippen molar-refractivity contribution in [3.63, 3.8) is 0 Å². The fraction of sp³-hybridized carbons (Fsp3) is 1.00. The summed E-state index contributed by atoms with van der Waals surface area (Å²) in [5.41, 5.74) is 0.